The first-order valence-corrected chi connectivity index (χ1v) is 7.32. The maximum atomic E-state index is 12.1. The lowest BCUT2D eigenvalue weighted by atomic mass is 10.1. The van der Waals surface area contributed by atoms with Crippen molar-refractivity contribution in [3.63, 3.8) is 0 Å². The summed E-state index contributed by atoms with van der Waals surface area (Å²) in [6.45, 7) is 2.28. The van der Waals surface area contributed by atoms with Gasteiger partial charge in [0.25, 0.3) is 11.1 Å². The summed E-state index contributed by atoms with van der Waals surface area (Å²) in [6, 6.07) is 7.84. The Kier molecular flexibility index (Phi) is 5.03. The average molecular weight is 302 g/mol. The molecule has 1 fully saturated rings. The fourth-order valence-electron chi connectivity index (χ4n) is 1.88. The monoisotopic (exact) mass is 302 g/mol. The molecule has 0 spiro atoms. The van der Waals surface area contributed by atoms with E-state index in [1.807, 2.05) is 24.3 Å². The Hall–Kier alpha value is -2.24. The Morgan fingerprint density at radius 1 is 1.33 bits per heavy atom. The molecule has 2 amide bonds. The number of rotatable bonds is 5. The third-order valence-corrected chi connectivity index (χ3v) is 3.95. The number of benzene rings is 1. The van der Waals surface area contributed by atoms with Gasteiger partial charge in [-0.1, -0.05) is 36.3 Å². The second-order valence-electron chi connectivity index (χ2n) is 4.38. The minimum atomic E-state index is -0.335. The van der Waals surface area contributed by atoms with Gasteiger partial charge in [-0.05, 0) is 40.9 Å². The number of hydrogen-bond acceptors (Lipinski definition) is 4. The van der Waals surface area contributed by atoms with E-state index in [0.29, 0.717) is 4.91 Å². The van der Waals surface area contributed by atoms with Gasteiger partial charge in [0.1, 0.15) is 0 Å². The summed E-state index contributed by atoms with van der Waals surface area (Å²) in [4.78, 5) is 28.0. The molecule has 1 aromatic rings. The molecule has 0 aliphatic carbocycles. The lowest BCUT2D eigenvalue weighted by Crippen LogP contribution is -2.30. The summed E-state index contributed by atoms with van der Waals surface area (Å²) in [5, 5.41) is 3.01. The molecule has 1 aliphatic heterocycles. The van der Waals surface area contributed by atoms with Gasteiger partial charge in [-0.3, -0.25) is 14.5 Å². The Morgan fingerprint density at radius 3 is 2.67 bits per heavy atom. The van der Waals surface area contributed by atoms with Gasteiger partial charge in [0, 0.05) is 18.0 Å². The highest BCUT2D eigenvalue weighted by Gasteiger charge is 2.34. The third-order valence-electron chi connectivity index (χ3n) is 3.05. The molecule has 0 atom stereocenters. The van der Waals surface area contributed by atoms with Crippen LogP contribution in [0.1, 0.15) is 18.1 Å². The number of thioether (sulfide) groups is 1. The molecule has 1 aromatic carbocycles. The van der Waals surface area contributed by atoms with Gasteiger partial charge < -0.3 is 0 Å². The summed E-state index contributed by atoms with van der Waals surface area (Å²) in [7, 11) is 0. The number of imide groups is 1. The molecule has 0 unspecified atom stereocenters. The summed E-state index contributed by atoms with van der Waals surface area (Å²) < 4.78 is 0. The van der Waals surface area contributed by atoms with Gasteiger partial charge in [-0.2, -0.15) is 0 Å². The van der Waals surface area contributed by atoms with Crippen LogP contribution in [0.2, 0.25) is 0 Å². The molecule has 2 rings (SSSR count). The van der Waals surface area contributed by atoms with Crippen molar-refractivity contribution in [1.29, 1.82) is 0 Å². The van der Waals surface area contributed by atoms with Crippen LogP contribution in [-0.4, -0.2) is 29.1 Å². The minimum Gasteiger partial charge on any atom is -0.268 e. The largest absolute Gasteiger partial charge is 0.293 e. The molecule has 1 saturated heterocycles. The van der Waals surface area contributed by atoms with E-state index in [0.717, 1.165) is 28.6 Å². The molecular formula is C14H14N4O2S. The van der Waals surface area contributed by atoms with Crippen LogP contribution in [0.5, 0.6) is 0 Å². The molecule has 1 aliphatic rings. The molecule has 108 valence electrons. The van der Waals surface area contributed by atoms with Gasteiger partial charge in [0.2, 0.25) is 0 Å². The highest BCUT2D eigenvalue weighted by Crippen LogP contribution is 2.31. The second kappa shape index (κ2) is 6.97. The predicted octanol–water partition coefficient (Wildman–Crippen LogP) is 3.60. The zero-order valence-electron chi connectivity index (χ0n) is 11.5. The zero-order chi connectivity index (χ0) is 15.2. The van der Waals surface area contributed by atoms with Crippen LogP contribution in [0.3, 0.4) is 0 Å². The SMILES string of the molecule is CCc1ccc(/C=C2\SC(=O)N(CCN=[N+]=[N-])C2=O)cc1. The average Bonchev–Trinajstić information content (AvgIpc) is 2.75. The number of hydrogen-bond donors (Lipinski definition) is 0. The van der Waals surface area contributed by atoms with Crippen LogP contribution in [0, 0.1) is 0 Å². The maximum absolute atomic E-state index is 12.1. The molecule has 21 heavy (non-hydrogen) atoms. The second-order valence-corrected chi connectivity index (χ2v) is 5.38. The summed E-state index contributed by atoms with van der Waals surface area (Å²) in [5.74, 6) is -0.335. The molecule has 1 heterocycles. The number of carbonyl (C=O) groups is 2. The number of nitrogens with zero attached hydrogens (tertiary/aromatic N) is 4. The van der Waals surface area contributed by atoms with E-state index in [4.69, 9.17) is 5.53 Å². The van der Waals surface area contributed by atoms with Crippen LogP contribution < -0.4 is 0 Å². The highest BCUT2D eigenvalue weighted by molar-refractivity contribution is 8.18. The Balaban J connectivity index is 2.13. The number of aryl methyl sites for hydroxylation is 1. The lowest BCUT2D eigenvalue weighted by Gasteiger charge is -2.09. The smallest absolute Gasteiger partial charge is 0.268 e. The van der Waals surface area contributed by atoms with E-state index in [-0.39, 0.29) is 24.2 Å². The standard InChI is InChI=1S/C14H14N4O2S/c1-2-10-3-5-11(6-4-10)9-12-13(19)18(14(20)21-12)8-7-16-17-15/h3-6,9H,2,7-8H2,1H3/b12-9-. The fraction of sp³-hybridized carbons (Fsp3) is 0.286. The molecular weight excluding hydrogens is 288 g/mol. The van der Waals surface area contributed by atoms with Crippen molar-refractivity contribution in [2.75, 3.05) is 13.1 Å². The van der Waals surface area contributed by atoms with E-state index in [9.17, 15) is 9.59 Å². The quantitative estimate of drug-likeness (QED) is 0.360. The number of amides is 2. The first-order valence-electron chi connectivity index (χ1n) is 6.51. The highest BCUT2D eigenvalue weighted by atomic mass is 32.2. The van der Waals surface area contributed by atoms with Crippen LogP contribution in [0.4, 0.5) is 4.79 Å². The number of carbonyl (C=O) groups excluding carboxylic acids is 2. The van der Waals surface area contributed by atoms with Crippen LogP contribution >= 0.6 is 11.8 Å². The summed E-state index contributed by atoms with van der Waals surface area (Å²) in [5.41, 5.74) is 10.3. The Bertz CT molecular complexity index is 633. The van der Waals surface area contributed by atoms with E-state index >= 15 is 0 Å². The van der Waals surface area contributed by atoms with Crippen LogP contribution in [0.15, 0.2) is 34.3 Å². The van der Waals surface area contributed by atoms with Crippen LogP contribution in [0.25, 0.3) is 16.5 Å². The van der Waals surface area contributed by atoms with E-state index < -0.39 is 0 Å². The summed E-state index contributed by atoms with van der Waals surface area (Å²) >= 11 is 0.908. The van der Waals surface area contributed by atoms with Crippen molar-refractivity contribution >= 4 is 29.0 Å². The molecule has 0 bridgehead atoms. The topological polar surface area (TPSA) is 86.1 Å². The summed E-state index contributed by atoms with van der Waals surface area (Å²) in [6.07, 6.45) is 2.66. The van der Waals surface area contributed by atoms with Crippen molar-refractivity contribution in [2.45, 2.75) is 13.3 Å². The predicted molar refractivity (Wildman–Crippen MR) is 82.5 cm³/mol. The van der Waals surface area contributed by atoms with E-state index in [1.54, 1.807) is 6.08 Å². The van der Waals surface area contributed by atoms with Gasteiger partial charge in [0.15, 0.2) is 0 Å². The molecule has 0 N–H and O–H groups in total. The molecule has 7 heteroatoms. The van der Waals surface area contributed by atoms with Gasteiger partial charge in [-0.25, -0.2) is 0 Å². The van der Waals surface area contributed by atoms with Crippen molar-refractivity contribution < 1.29 is 9.59 Å². The molecule has 0 aromatic heterocycles. The first-order chi connectivity index (χ1) is 10.2. The number of azide groups is 1. The van der Waals surface area contributed by atoms with Crippen molar-refractivity contribution in [2.24, 2.45) is 5.11 Å². The van der Waals surface area contributed by atoms with Gasteiger partial charge >= 0.3 is 0 Å². The molecule has 6 nitrogen and oxygen atoms in total. The Morgan fingerprint density at radius 2 is 2.05 bits per heavy atom. The maximum Gasteiger partial charge on any atom is 0.293 e. The lowest BCUT2D eigenvalue weighted by molar-refractivity contribution is -0.122. The Labute approximate surface area is 126 Å². The van der Waals surface area contributed by atoms with Crippen molar-refractivity contribution in [3.8, 4) is 0 Å². The first kappa shape index (κ1) is 15.2. The van der Waals surface area contributed by atoms with Gasteiger partial charge in [0.05, 0.1) is 4.91 Å². The molecule has 0 radical (unpaired) electrons. The van der Waals surface area contributed by atoms with Gasteiger partial charge in [-0.15, -0.1) is 0 Å². The fourth-order valence-corrected chi connectivity index (χ4v) is 2.75. The van der Waals surface area contributed by atoms with E-state index in [1.165, 1.54) is 5.56 Å². The van der Waals surface area contributed by atoms with E-state index in [2.05, 4.69) is 16.9 Å². The minimum absolute atomic E-state index is 0.0903. The normalized spacial score (nSPS) is 16.4. The third kappa shape index (κ3) is 3.65. The van der Waals surface area contributed by atoms with Crippen molar-refractivity contribution in [1.82, 2.24) is 4.90 Å². The zero-order valence-corrected chi connectivity index (χ0v) is 12.3. The van der Waals surface area contributed by atoms with Crippen molar-refractivity contribution in [3.05, 3.63) is 50.7 Å². The molecule has 0 saturated carbocycles. The van der Waals surface area contributed by atoms with Crippen LogP contribution in [-0.2, 0) is 11.2 Å².